The highest BCUT2D eigenvalue weighted by Gasteiger charge is 2.18. The van der Waals surface area contributed by atoms with Crippen molar-refractivity contribution in [2.24, 2.45) is 5.92 Å². The first-order valence-electron chi connectivity index (χ1n) is 7.21. The monoisotopic (exact) mass is 292 g/mol. The van der Waals surface area contributed by atoms with Gasteiger partial charge in [-0.2, -0.15) is 0 Å². The molecular weight excluding hydrogens is 268 g/mol. The Morgan fingerprint density at radius 3 is 2.67 bits per heavy atom. The van der Waals surface area contributed by atoms with Crippen LogP contribution in [0.5, 0.6) is 0 Å². The van der Waals surface area contributed by atoms with Crippen molar-refractivity contribution < 1.29 is 14.7 Å². The number of aryl methyl sites for hydroxylation is 1. The highest BCUT2D eigenvalue weighted by molar-refractivity contribution is 5.75. The number of amides is 2. The molecule has 5 nitrogen and oxygen atoms in total. The SMILES string of the molecule is CCCC(CNC(=O)N(C)Cc1cccc(C)c1)C(=O)O. The van der Waals surface area contributed by atoms with Crippen LogP contribution < -0.4 is 5.32 Å². The molecule has 1 rings (SSSR count). The van der Waals surface area contributed by atoms with E-state index in [1.165, 1.54) is 0 Å². The van der Waals surface area contributed by atoms with Crippen LogP contribution in [-0.2, 0) is 11.3 Å². The highest BCUT2D eigenvalue weighted by atomic mass is 16.4. The fraction of sp³-hybridized carbons (Fsp3) is 0.500. The Morgan fingerprint density at radius 1 is 1.38 bits per heavy atom. The van der Waals surface area contributed by atoms with Gasteiger partial charge in [-0.25, -0.2) is 4.79 Å². The van der Waals surface area contributed by atoms with Crippen molar-refractivity contribution in [3.63, 3.8) is 0 Å². The van der Waals surface area contributed by atoms with Crippen LogP contribution in [0.1, 0.15) is 30.9 Å². The molecule has 1 aromatic rings. The van der Waals surface area contributed by atoms with Crippen molar-refractivity contribution in [2.45, 2.75) is 33.2 Å². The Labute approximate surface area is 126 Å². The molecule has 0 aliphatic heterocycles. The molecule has 1 unspecified atom stereocenters. The fourth-order valence-electron chi connectivity index (χ4n) is 2.16. The van der Waals surface area contributed by atoms with Gasteiger partial charge in [0.05, 0.1) is 5.92 Å². The first-order chi connectivity index (χ1) is 9.93. The average Bonchev–Trinajstić information content (AvgIpc) is 2.42. The lowest BCUT2D eigenvalue weighted by atomic mass is 10.0. The van der Waals surface area contributed by atoms with Gasteiger partial charge in [0.15, 0.2) is 0 Å². The molecule has 21 heavy (non-hydrogen) atoms. The lowest BCUT2D eigenvalue weighted by Gasteiger charge is -2.20. The van der Waals surface area contributed by atoms with Crippen LogP contribution in [0.25, 0.3) is 0 Å². The quantitative estimate of drug-likeness (QED) is 0.811. The van der Waals surface area contributed by atoms with E-state index in [-0.39, 0.29) is 12.6 Å². The summed E-state index contributed by atoms with van der Waals surface area (Å²) in [5.41, 5.74) is 2.20. The fourth-order valence-corrected chi connectivity index (χ4v) is 2.16. The second-order valence-electron chi connectivity index (χ2n) is 5.36. The maximum Gasteiger partial charge on any atom is 0.317 e. The molecule has 1 atom stereocenters. The van der Waals surface area contributed by atoms with Gasteiger partial charge in [-0.3, -0.25) is 4.79 Å². The predicted molar refractivity (Wildman–Crippen MR) is 82.1 cm³/mol. The Bertz CT molecular complexity index is 488. The second-order valence-corrected chi connectivity index (χ2v) is 5.36. The minimum atomic E-state index is -0.863. The first-order valence-corrected chi connectivity index (χ1v) is 7.21. The Kier molecular flexibility index (Phi) is 6.72. The molecule has 0 aromatic heterocycles. The van der Waals surface area contributed by atoms with Gasteiger partial charge in [0.1, 0.15) is 0 Å². The third-order valence-electron chi connectivity index (χ3n) is 3.33. The van der Waals surface area contributed by atoms with Crippen molar-refractivity contribution in [1.82, 2.24) is 10.2 Å². The van der Waals surface area contributed by atoms with Crippen molar-refractivity contribution in [1.29, 1.82) is 0 Å². The third-order valence-corrected chi connectivity index (χ3v) is 3.33. The van der Waals surface area contributed by atoms with Gasteiger partial charge in [0.25, 0.3) is 0 Å². The average molecular weight is 292 g/mol. The van der Waals surface area contributed by atoms with E-state index < -0.39 is 11.9 Å². The molecule has 116 valence electrons. The standard InChI is InChI=1S/C16H24N2O3/c1-4-6-14(15(19)20)10-17-16(21)18(3)11-13-8-5-7-12(2)9-13/h5,7-9,14H,4,6,10-11H2,1-3H3,(H,17,21)(H,19,20). The van der Waals surface area contributed by atoms with E-state index in [0.717, 1.165) is 17.5 Å². The van der Waals surface area contributed by atoms with Gasteiger partial charge < -0.3 is 15.3 Å². The summed E-state index contributed by atoms with van der Waals surface area (Å²) < 4.78 is 0. The predicted octanol–water partition coefficient (Wildman–Crippen LogP) is 2.64. The number of hydrogen-bond acceptors (Lipinski definition) is 2. The molecule has 0 heterocycles. The summed E-state index contributed by atoms with van der Waals surface area (Å²) in [6.45, 7) is 4.60. The zero-order chi connectivity index (χ0) is 15.8. The molecular formula is C16H24N2O3. The summed E-state index contributed by atoms with van der Waals surface area (Å²) in [5, 5.41) is 11.7. The summed E-state index contributed by atoms with van der Waals surface area (Å²) in [4.78, 5) is 24.6. The summed E-state index contributed by atoms with van der Waals surface area (Å²) >= 11 is 0. The van der Waals surface area contributed by atoms with Gasteiger partial charge >= 0.3 is 12.0 Å². The molecule has 5 heteroatoms. The van der Waals surface area contributed by atoms with Crippen molar-refractivity contribution >= 4 is 12.0 Å². The van der Waals surface area contributed by atoms with Crippen LogP contribution in [0.2, 0.25) is 0 Å². The minimum Gasteiger partial charge on any atom is -0.481 e. The van der Waals surface area contributed by atoms with Crippen molar-refractivity contribution in [3.05, 3.63) is 35.4 Å². The van der Waals surface area contributed by atoms with Crippen LogP contribution in [0.3, 0.4) is 0 Å². The van der Waals surface area contributed by atoms with Gasteiger partial charge in [-0.05, 0) is 18.9 Å². The number of hydrogen-bond donors (Lipinski definition) is 2. The number of carboxylic acid groups (broad SMARTS) is 1. The maximum absolute atomic E-state index is 12.0. The van der Waals surface area contributed by atoms with Crippen LogP contribution in [0, 0.1) is 12.8 Å². The molecule has 0 bridgehead atoms. The summed E-state index contributed by atoms with van der Waals surface area (Å²) in [6, 6.07) is 7.71. The summed E-state index contributed by atoms with van der Waals surface area (Å²) in [7, 11) is 1.70. The highest BCUT2D eigenvalue weighted by Crippen LogP contribution is 2.08. The molecule has 1 aromatic carbocycles. The number of rotatable bonds is 7. The second kappa shape index (κ2) is 8.29. The van der Waals surface area contributed by atoms with E-state index in [9.17, 15) is 9.59 Å². The van der Waals surface area contributed by atoms with E-state index >= 15 is 0 Å². The zero-order valence-corrected chi connectivity index (χ0v) is 12.9. The number of benzene rings is 1. The summed E-state index contributed by atoms with van der Waals surface area (Å²) in [5.74, 6) is -1.38. The van der Waals surface area contributed by atoms with Crippen molar-refractivity contribution in [2.75, 3.05) is 13.6 Å². The molecule has 0 spiro atoms. The lowest BCUT2D eigenvalue weighted by Crippen LogP contribution is -2.40. The number of urea groups is 1. The van der Waals surface area contributed by atoms with Gasteiger partial charge in [-0.15, -0.1) is 0 Å². The van der Waals surface area contributed by atoms with E-state index in [1.807, 2.05) is 38.1 Å². The molecule has 0 fully saturated rings. The van der Waals surface area contributed by atoms with E-state index in [2.05, 4.69) is 5.32 Å². The van der Waals surface area contributed by atoms with Crippen molar-refractivity contribution in [3.8, 4) is 0 Å². The van der Waals surface area contributed by atoms with Crippen LogP contribution in [0.4, 0.5) is 4.79 Å². The third kappa shape index (κ3) is 5.85. The number of aliphatic carboxylic acids is 1. The maximum atomic E-state index is 12.0. The number of carbonyl (C=O) groups is 2. The van der Waals surface area contributed by atoms with Gasteiger partial charge in [0.2, 0.25) is 0 Å². The molecule has 0 radical (unpaired) electrons. The number of carboxylic acids is 1. The minimum absolute atomic E-state index is 0.167. The number of nitrogens with zero attached hydrogens (tertiary/aromatic N) is 1. The molecule has 0 aliphatic rings. The molecule has 2 amide bonds. The van der Waals surface area contributed by atoms with E-state index in [1.54, 1.807) is 11.9 Å². The summed E-state index contributed by atoms with van der Waals surface area (Å²) in [6.07, 6.45) is 1.35. The number of nitrogens with one attached hydrogen (secondary N) is 1. The molecule has 2 N–H and O–H groups in total. The molecule has 0 saturated carbocycles. The van der Waals surface area contributed by atoms with Gasteiger partial charge in [0, 0.05) is 20.1 Å². The molecule has 0 saturated heterocycles. The van der Waals surface area contributed by atoms with Gasteiger partial charge in [-0.1, -0.05) is 43.2 Å². The molecule has 0 aliphatic carbocycles. The topological polar surface area (TPSA) is 69.6 Å². The Morgan fingerprint density at radius 2 is 2.10 bits per heavy atom. The smallest absolute Gasteiger partial charge is 0.317 e. The first kappa shape index (κ1) is 17.0. The van der Waals surface area contributed by atoms with E-state index in [4.69, 9.17) is 5.11 Å². The largest absolute Gasteiger partial charge is 0.481 e. The lowest BCUT2D eigenvalue weighted by molar-refractivity contribution is -0.141. The van der Waals surface area contributed by atoms with Crippen LogP contribution in [0.15, 0.2) is 24.3 Å². The zero-order valence-electron chi connectivity index (χ0n) is 12.9. The van der Waals surface area contributed by atoms with Crippen LogP contribution >= 0.6 is 0 Å². The van der Waals surface area contributed by atoms with E-state index in [0.29, 0.717) is 13.0 Å². The number of carbonyl (C=O) groups excluding carboxylic acids is 1. The Balaban J connectivity index is 2.49. The normalized spacial score (nSPS) is 11.8. The van der Waals surface area contributed by atoms with Crippen LogP contribution in [-0.4, -0.2) is 35.6 Å². The Hall–Kier alpha value is -2.04.